The van der Waals surface area contributed by atoms with Gasteiger partial charge in [-0.25, -0.2) is 0 Å². The second kappa shape index (κ2) is 5.85. The molecule has 0 aliphatic heterocycles. The van der Waals surface area contributed by atoms with Crippen LogP contribution < -0.4 is 5.19 Å². The van der Waals surface area contributed by atoms with Crippen LogP contribution >= 0.6 is 15.9 Å². The quantitative estimate of drug-likeness (QED) is 0.559. The number of alkyl halides is 1. The van der Waals surface area contributed by atoms with Gasteiger partial charge >= 0.3 is 0 Å². The Morgan fingerprint density at radius 1 is 0.933 bits per heavy atom. The molecular formula is C13H21BrSi. The third kappa shape index (κ3) is 2.73. The van der Waals surface area contributed by atoms with E-state index in [1.807, 2.05) is 0 Å². The molecule has 0 aliphatic rings. The van der Waals surface area contributed by atoms with Gasteiger partial charge in [0.2, 0.25) is 0 Å². The van der Waals surface area contributed by atoms with E-state index in [2.05, 4.69) is 61.0 Å². The molecule has 0 bridgehead atoms. The van der Waals surface area contributed by atoms with E-state index in [-0.39, 0.29) is 0 Å². The van der Waals surface area contributed by atoms with E-state index in [1.54, 1.807) is 5.19 Å². The summed E-state index contributed by atoms with van der Waals surface area (Å²) in [6.45, 7) is 7.08. The maximum atomic E-state index is 3.50. The highest BCUT2D eigenvalue weighted by Gasteiger charge is 2.28. The van der Waals surface area contributed by atoms with Crippen molar-refractivity contribution < 1.29 is 0 Å². The number of rotatable bonds is 5. The van der Waals surface area contributed by atoms with Gasteiger partial charge in [-0.15, -0.1) is 0 Å². The normalized spacial score (nSPS) is 11.7. The molecule has 0 aromatic heterocycles. The summed E-state index contributed by atoms with van der Waals surface area (Å²) >= 11 is 3.50. The molecular weight excluding hydrogens is 264 g/mol. The molecule has 0 fully saturated rings. The molecule has 2 heteroatoms. The van der Waals surface area contributed by atoms with E-state index in [0.29, 0.717) is 0 Å². The average Bonchev–Trinajstić information content (AvgIpc) is 2.33. The van der Waals surface area contributed by atoms with Crippen LogP contribution in [0.4, 0.5) is 0 Å². The standard InChI is InChI=1S/C13H21BrSi/c1-4-15(5-2,6-3)13-9-7-12(11-14)8-10-13/h7-10H,4-6,11H2,1-3H3. The Labute approximate surface area is 103 Å². The molecule has 1 rings (SSSR count). The SMILES string of the molecule is CC[Si](CC)(CC)c1ccc(CBr)cc1. The van der Waals surface area contributed by atoms with Crippen molar-refractivity contribution in [2.24, 2.45) is 0 Å². The fourth-order valence-electron chi connectivity index (χ4n) is 2.31. The van der Waals surface area contributed by atoms with E-state index in [1.165, 1.54) is 23.7 Å². The average molecular weight is 285 g/mol. The van der Waals surface area contributed by atoms with Gasteiger partial charge in [-0.2, -0.15) is 0 Å². The summed E-state index contributed by atoms with van der Waals surface area (Å²) in [6, 6.07) is 13.4. The molecule has 0 saturated heterocycles. The molecule has 0 heterocycles. The van der Waals surface area contributed by atoms with E-state index in [0.717, 1.165) is 5.33 Å². The Kier molecular flexibility index (Phi) is 5.07. The fraction of sp³-hybridized carbons (Fsp3) is 0.538. The maximum absolute atomic E-state index is 3.50. The van der Waals surface area contributed by atoms with E-state index < -0.39 is 8.07 Å². The lowest BCUT2D eigenvalue weighted by atomic mass is 10.2. The molecule has 1 aromatic rings. The summed E-state index contributed by atoms with van der Waals surface area (Å²) in [5.74, 6) is 0. The van der Waals surface area contributed by atoms with Crippen LogP contribution in [0.5, 0.6) is 0 Å². The summed E-state index contributed by atoms with van der Waals surface area (Å²) in [5, 5.41) is 2.60. The third-order valence-electron chi connectivity index (χ3n) is 3.75. The van der Waals surface area contributed by atoms with E-state index in [9.17, 15) is 0 Å². The van der Waals surface area contributed by atoms with Crippen LogP contribution in [0.25, 0.3) is 0 Å². The summed E-state index contributed by atoms with van der Waals surface area (Å²) in [4.78, 5) is 0. The van der Waals surface area contributed by atoms with E-state index in [4.69, 9.17) is 0 Å². The van der Waals surface area contributed by atoms with Gasteiger partial charge in [0, 0.05) is 5.33 Å². The Morgan fingerprint density at radius 2 is 1.40 bits per heavy atom. The van der Waals surface area contributed by atoms with Crippen LogP contribution in [-0.2, 0) is 5.33 Å². The number of hydrogen-bond donors (Lipinski definition) is 0. The molecule has 0 spiro atoms. The Hall–Kier alpha value is -0.0831. The van der Waals surface area contributed by atoms with Crippen molar-refractivity contribution in [2.75, 3.05) is 0 Å². The van der Waals surface area contributed by atoms with Crippen molar-refractivity contribution in [1.82, 2.24) is 0 Å². The van der Waals surface area contributed by atoms with Crippen LogP contribution in [0.1, 0.15) is 26.3 Å². The summed E-state index contributed by atoms with van der Waals surface area (Å²) in [6.07, 6.45) is 0. The van der Waals surface area contributed by atoms with Crippen molar-refractivity contribution >= 4 is 29.2 Å². The molecule has 0 amide bonds. The number of benzene rings is 1. The van der Waals surface area contributed by atoms with Gasteiger partial charge in [-0.05, 0) is 5.56 Å². The second-order valence-corrected chi connectivity index (χ2v) is 9.99. The lowest BCUT2D eigenvalue weighted by molar-refractivity contribution is 1.19. The minimum absolute atomic E-state index is 0.964. The van der Waals surface area contributed by atoms with Crippen LogP contribution in [0.15, 0.2) is 24.3 Å². The summed E-state index contributed by atoms with van der Waals surface area (Å²) in [5.41, 5.74) is 1.38. The van der Waals surface area contributed by atoms with Crippen LogP contribution in [0, 0.1) is 0 Å². The zero-order chi connectivity index (χ0) is 11.3. The molecule has 0 saturated carbocycles. The van der Waals surface area contributed by atoms with Crippen molar-refractivity contribution in [1.29, 1.82) is 0 Å². The minimum atomic E-state index is -1.14. The fourth-order valence-corrected chi connectivity index (χ4v) is 6.28. The Balaban J connectivity index is 3.01. The molecule has 0 aliphatic carbocycles. The molecule has 1 aromatic carbocycles. The van der Waals surface area contributed by atoms with Gasteiger partial charge in [0.1, 0.15) is 0 Å². The highest BCUT2D eigenvalue weighted by atomic mass is 79.9. The zero-order valence-electron chi connectivity index (χ0n) is 10.0. The highest BCUT2D eigenvalue weighted by molar-refractivity contribution is 9.08. The van der Waals surface area contributed by atoms with Crippen LogP contribution in [0.3, 0.4) is 0 Å². The van der Waals surface area contributed by atoms with Gasteiger partial charge in [-0.1, -0.05) is 84.3 Å². The first-order chi connectivity index (χ1) is 7.22. The van der Waals surface area contributed by atoms with Gasteiger partial charge in [0.25, 0.3) is 0 Å². The lowest BCUT2D eigenvalue weighted by Crippen LogP contribution is -2.45. The van der Waals surface area contributed by atoms with Gasteiger partial charge in [0.05, 0.1) is 8.07 Å². The molecule has 0 atom stereocenters. The Morgan fingerprint density at radius 3 is 1.73 bits per heavy atom. The molecule has 0 N–H and O–H groups in total. The summed E-state index contributed by atoms with van der Waals surface area (Å²) < 4.78 is 0. The van der Waals surface area contributed by atoms with Crippen LogP contribution in [0.2, 0.25) is 18.1 Å². The molecule has 84 valence electrons. The lowest BCUT2D eigenvalue weighted by Gasteiger charge is -2.28. The first kappa shape index (κ1) is 13.0. The minimum Gasteiger partial charge on any atom is -0.0876 e. The second-order valence-electron chi connectivity index (χ2n) is 4.17. The number of hydrogen-bond acceptors (Lipinski definition) is 0. The van der Waals surface area contributed by atoms with Crippen LogP contribution in [-0.4, -0.2) is 8.07 Å². The van der Waals surface area contributed by atoms with Gasteiger partial charge in [-0.3, -0.25) is 0 Å². The monoisotopic (exact) mass is 284 g/mol. The largest absolute Gasteiger partial charge is 0.0876 e. The molecule has 0 radical (unpaired) electrons. The third-order valence-corrected chi connectivity index (χ3v) is 10.0. The van der Waals surface area contributed by atoms with E-state index >= 15 is 0 Å². The highest BCUT2D eigenvalue weighted by Crippen LogP contribution is 2.20. The maximum Gasteiger partial charge on any atom is 0.0859 e. The number of halogens is 1. The van der Waals surface area contributed by atoms with Gasteiger partial charge < -0.3 is 0 Å². The van der Waals surface area contributed by atoms with Crippen molar-refractivity contribution in [2.45, 2.75) is 44.2 Å². The Bertz CT molecular complexity index is 280. The predicted octanol–water partition coefficient (Wildman–Crippen LogP) is 4.30. The van der Waals surface area contributed by atoms with Crippen molar-refractivity contribution in [3.8, 4) is 0 Å². The van der Waals surface area contributed by atoms with Gasteiger partial charge in [0.15, 0.2) is 0 Å². The summed E-state index contributed by atoms with van der Waals surface area (Å²) in [7, 11) is -1.14. The molecule has 0 nitrogen and oxygen atoms in total. The van der Waals surface area contributed by atoms with Crippen molar-refractivity contribution in [3.05, 3.63) is 29.8 Å². The topological polar surface area (TPSA) is 0 Å². The van der Waals surface area contributed by atoms with Crippen molar-refractivity contribution in [3.63, 3.8) is 0 Å². The predicted molar refractivity (Wildman–Crippen MR) is 75.9 cm³/mol. The molecule has 0 unspecified atom stereocenters. The zero-order valence-corrected chi connectivity index (χ0v) is 12.6. The smallest absolute Gasteiger partial charge is 0.0859 e. The first-order valence-corrected chi connectivity index (χ1v) is 9.62. The molecule has 15 heavy (non-hydrogen) atoms. The first-order valence-electron chi connectivity index (χ1n) is 5.87.